The van der Waals surface area contributed by atoms with Crippen LogP contribution >= 0.6 is 0 Å². The van der Waals surface area contributed by atoms with Crippen molar-refractivity contribution in [1.82, 2.24) is 10.2 Å². The predicted octanol–water partition coefficient (Wildman–Crippen LogP) is 2.09. The summed E-state index contributed by atoms with van der Waals surface area (Å²) in [5.41, 5.74) is 0. The van der Waals surface area contributed by atoms with Crippen molar-refractivity contribution in [3.63, 3.8) is 0 Å². The molecule has 0 aliphatic rings. The summed E-state index contributed by atoms with van der Waals surface area (Å²) >= 11 is 0. The fourth-order valence-corrected chi connectivity index (χ4v) is 1.68. The molecule has 0 heterocycles. The second-order valence-electron chi connectivity index (χ2n) is 4.95. The highest BCUT2D eigenvalue weighted by Gasteiger charge is 2.22. The zero-order valence-corrected chi connectivity index (χ0v) is 11.6. The van der Waals surface area contributed by atoms with Crippen molar-refractivity contribution in [2.45, 2.75) is 45.7 Å². The van der Waals surface area contributed by atoms with Gasteiger partial charge in [-0.3, -0.25) is 0 Å². The molecular formula is C13H24N2O3. The molecule has 0 aromatic carbocycles. The van der Waals surface area contributed by atoms with Gasteiger partial charge in [-0.15, -0.1) is 6.58 Å². The minimum atomic E-state index is -1.05. The summed E-state index contributed by atoms with van der Waals surface area (Å²) in [6, 6.07) is -1.20. The Labute approximate surface area is 109 Å². The first-order valence-electron chi connectivity index (χ1n) is 6.16. The number of carboxylic acids is 1. The van der Waals surface area contributed by atoms with Gasteiger partial charge >= 0.3 is 12.0 Å². The highest BCUT2D eigenvalue weighted by Crippen LogP contribution is 2.10. The molecule has 5 nitrogen and oxygen atoms in total. The Morgan fingerprint density at radius 3 is 2.33 bits per heavy atom. The van der Waals surface area contributed by atoms with E-state index in [-0.39, 0.29) is 18.5 Å². The minimum Gasteiger partial charge on any atom is -0.480 e. The molecule has 0 bridgehead atoms. The van der Waals surface area contributed by atoms with E-state index in [4.69, 9.17) is 5.11 Å². The molecular weight excluding hydrogens is 232 g/mol. The van der Waals surface area contributed by atoms with Gasteiger partial charge < -0.3 is 15.3 Å². The molecule has 0 aromatic heterocycles. The Balaban J connectivity index is 4.44. The van der Waals surface area contributed by atoms with E-state index in [1.165, 1.54) is 6.08 Å². The maximum atomic E-state index is 11.9. The molecule has 2 atom stereocenters. The zero-order valence-electron chi connectivity index (χ0n) is 11.6. The summed E-state index contributed by atoms with van der Waals surface area (Å²) in [5, 5.41) is 11.4. The van der Waals surface area contributed by atoms with Crippen molar-refractivity contribution in [3.05, 3.63) is 12.7 Å². The number of carbonyl (C=O) groups is 2. The van der Waals surface area contributed by atoms with Crippen molar-refractivity contribution in [3.8, 4) is 0 Å². The zero-order chi connectivity index (χ0) is 14.3. The Bertz CT molecular complexity index is 303. The number of urea groups is 1. The lowest BCUT2D eigenvalue weighted by Crippen LogP contribution is -2.49. The number of nitrogens with zero attached hydrogens (tertiary/aromatic N) is 1. The molecule has 2 N–H and O–H groups in total. The molecule has 18 heavy (non-hydrogen) atoms. The molecule has 5 heteroatoms. The van der Waals surface area contributed by atoms with Crippen LogP contribution in [0.5, 0.6) is 0 Å². The molecule has 2 unspecified atom stereocenters. The molecule has 2 amide bonds. The minimum absolute atomic E-state index is 0.0724. The van der Waals surface area contributed by atoms with Gasteiger partial charge in [-0.2, -0.15) is 0 Å². The van der Waals surface area contributed by atoms with Gasteiger partial charge in [0.05, 0.1) is 0 Å². The van der Waals surface area contributed by atoms with Crippen LogP contribution in [0.15, 0.2) is 12.7 Å². The monoisotopic (exact) mass is 256 g/mol. The summed E-state index contributed by atoms with van der Waals surface area (Å²) in [4.78, 5) is 24.3. The fourth-order valence-electron chi connectivity index (χ4n) is 1.68. The summed E-state index contributed by atoms with van der Waals surface area (Å²) in [6.45, 7) is 9.60. The number of carboxylic acid groups (broad SMARTS) is 1. The number of aliphatic carboxylic acids is 1. The molecule has 0 spiro atoms. The van der Waals surface area contributed by atoms with Gasteiger partial charge in [0.1, 0.15) is 6.04 Å². The second-order valence-corrected chi connectivity index (χ2v) is 4.95. The largest absolute Gasteiger partial charge is 0.480 e. The summed E-state index contributed by atoms with van der Waals surface area (Å²) in [5.74, 6) is -0.563. The summed E-state index contributed by atoms with van der Waals surface area (Å²) in [6.07, 6.45) is 2.58. The smallest absolute Gasteiger partial charge is 0.326 e. The predicted molar refractivity (Wildman–Crippen MR) is 71.4 cm³/mol. The maximum absolute atomic E-state index is 11.9. The van der Waals surface area contributed by atoms with Gasteiger partial charge in [0.25, 0.3) is 0 Å². The SMILES string of the molecule is C=CCC(NC(=O)N(C)C(C)CC(C)C)C(=O)O. The van der Waals surface area contributed by atoms with Crippen molar-refractivity contribution in [2.75, 3.05) is 7.05 Å². The number of rotatable bonds is 7. The van der Waals surface area contributed by atoms with Crippen LogP contribution in [-0.4, -0.2) is 41.1 Å². The number of hydrogen-bond acceptors (Lipinski definition) is 2. The first-order chi connectivity index (χ1) is 8.29. The van der Waals surface area contributed by atoms with Crippen LogP contribution in [0.2, 0.25) is 0 Å². The van der Waals surface area contributed by atoms with E-state index in [1.54, 1.807) is 11.9 Å². The van der Waals surface area contributed by atoms with Gasteiger partial charge in [-0.05, 0) is 25.7 Å². The van der Waals surface area contributed by atoms with Crippen molar-refractivity contribution >= 4 is 12.0 Å². The van der Waals surface area contributed by atoms with E-state index in [9.17, 15) is 9.59 Å². The topological polar surface area (TPSA) is 69.6 Å². The van der Waals surface area contributed by atoms with E-state index < -0.39 is 12.0 Å². The first kappa shape index (κ1) is 16.5. The standard InChI is InChI=1S/C13H24N2O3/c1-6-7-11(12(16)17)14-13(18)15(5)10(4)8-9(2)3/h6,9-11H,1,7-8H2,2-5H3,(H,14,18)(H,16,17). The fraction of sp³-hybridized carbons (Fsp3) is 0.692. The van der Waals surface area contributed by atoms with E-state index >= 15 is 0 Å². The molecule has 104 valence electrons. The molecule has 0 aliphatic carbocycles. The van der Waals surface area contributed by atoms with Gasteiger partial charge in [0.15, 0.2) is 0 Å². The molecule has 0 saturated carbocycles. The van der Waals surface area contributed by atoms with Gasteiger partial charge in [0, 0.05) is 13.1 Å². The third kappa shape index (κ3) is 5.70. The lowest BCUT2D eigenvalue weighted by Gasteiger charge is -2.27. The third-order valence-corrected chi connectivity index (χ3v) is 2.79. The van der Waals surface area contributed by atoms with Crippen LogP contribution in [0.25, 0.3) is 0 Å². The Kier molecular flexibility index (Phi) is 7.08. The van der Waals surface area contributed by atoms with Crippen LogP contribution in [0.3, 0.4) is 0 Å². The summed E-state index contributed by atoms with van der Waals surface area (Å²) in [7, 11) is 1.68. The van der Waals surface area contributed by atoms with Crippen molar-refractivity contribution in [2.24, 2.45) is 5.92 Å². The lowest BCUT2D eigenvalue weighted by atomic mass is 10.0. The number of hydrogen-bond donors (Lipinski definition) is 2. The van der Waals surface area contributed by atoms with Crippen LogP contribution in [0.4, 0.5) is 4.79 Å². The number of nitrogens with one attached hydrogen (secondary N) is 1. The highest BCUT2D eigenvalue weighted by molar-refractivity contribution is 5.82. The average Bonchev–Trinajstić information content (AvgIpc) is 2.26. The van der Waals surface area contributed by atoms with Gasteiger partial charge in [-0.25, -0.2) is 9.59 Å². The molecule has 0 radical (unpaired) electrons. The Hall–Kier alpha value is -1.52. The number of amides is 2. The summed E-state index contributed by atoms with van der Waals surface area (Å²) < 4.78 is 0. The molecule has 0 rings (SSSR count). The van der Waals surface area contributed by atoms with Crippen LogP contribution in [0.1, 0.15) is 33.6 Å². The van der Waals surface area contributed by atoms with E-state index in [0.717, 1.165) is 6.42 Å². The number of carbonyl (C=O) groups excluding carboxylic acids is 1. The molecule has 0 aliphatic heterocycles. The van der Waals surface area contributed by atoms with E-state index in [1.807, 2.05) is 6.92 Å². The highest BCUT2D eigenvalue weighted by atomic mass is 16.4. The molecule has 0 saturated heterocycles. The maximum Gasteiger partial charge on any atom is 0.326 e. The normalized spacial score (nSPS) is 13.8. The Morgan fingerprint density at radius 2 is 1.94 bits per heavy atom. The van der Waals surface area contributed by atoms with E-state index in [0.29, 0.717) is 5.92 Å². The Morgan fingerprint density at radius 1 is 1.39 bits per heavy atom. The van der Waals surface area contributed by atoms with Crippen LogP contribution < -0.4 is 5.32 Å². The van der Waals surface area contributed by atoms with E-state index in [2.05, 4.69) is 25.7 Å². The van der Waals surface area contributed by atoms with Gasteiger partial charge in [-0.1, -0.05) is 19.9 Å². The third-order valence-electron chi connectivity index (χ3n) is 2.79. The van der Waals surface area contributed by atoms with Crippen LogP contribution in [0, 0.1) is 5.92 Å². The van der Waals surface area contributed by atoms with Crippen LogP contribution in [-0.2, 0) is 4.79 Å². The second kappa shape index (κ2) is 7.74. The average molecular weight is 256 g/mol. The van der Waals surface area contributed by atoms with Gasteiger partial charge in [0.2, 0.25) is 0 Å². The lowest BCUT2D eigenvalue weighted by molar-refractivity contribution is -0.139. The molecule has 0 fully saturated rings. The van der Waals surface area contributed by atoms with Crippen molar-refractivity contribution in [1.29, 1.82) is 0 Å². The van der Waals surface area contributed by atoms with Crippen molar-refractivity contribution < 1.29 is 14.7 Å². The first-order valence-corrected chi connectivity index (χ1v) is 6.16. The molecule has 0 aromatic rings. The quantitative estimate of drug-likeness (QED) is 0.685.